The standard InChI is InChI=1S/C8H18FNO2/c1-12-7-8(11)3-6-10-5-2-4-9/h8,10-11H,2-7H2,1H3. The lowest BCUT2D eigenvalue weighted by molar-refractivity contribution is 0.0594. The third-order valence-corrected chi connectivity index (χ3v) is 1.50. The lowest BCUT2D eigenvalue weighted by Gasteiger charge is -2.09. The van der Waals surface area contributed by atoms with Gasteiger partial charge in [-0.25, -0.2) is 0 Å². The van der Waals surface area contributed by atoms with Crippen molar-refractivity contribution in [2.45, 2.75) is 18.9 Å². The van der Waals surface area contributed by atoms with E-state index in [0.29, 0.717) is 32.5 Å². The number of rotatable bonds is 8. The van der Waals surface area contributed by atoms with E-state index in [1.54, 1.807) is 7.11 Å². The molecule has 1 atom stereocenters. The molecule has 0 aliphatic heterocycles. The molecule has 0 saturated heterocycles. The highest BCUT2D eigenvalue weighted by Gasteiger charge is 2.01. The highest BCUT2D eigenvalue weighted by molar-refractivity contribution is 4.56. The molecule has 3 nitrogen and oxygen atoms in total. The van der Waals surface area contributed by atoms with Crippen LogP contribution in [0.3, 0.4) is 0 Å². The molecule has 0 amide bonds. The molecule has 0 aliphatic carbocycles. The average molecular weight is 179 g/mol. The summed E-state index contributed by atoms with van der Waals surface area (Å²) in [4.78, 5) is 0. The second kappa shape index (κ2) is 8.90. The van der Waals surface area contributed by atoms with Gasteiger partial charge in [-0.2, -0.15) is 0 Å². The Kier molecular flexibility index (Phi) is 8.76. The van der Waals surface area contributed by atoms with Crippen LogP contribution in [0.15, 0.2) is 0 Å². The van der Waals surface area contributed by atoms with Crippen LogP contribution in [0.1, 0.15) is 12.8 Å². The predicted octanol–water partition coefficient (Wildman–Crippen LogP) is 0.333. The lowest BCUT2D eigenvalue weighted by Crippen LogP contribution is -2.24. The van der Waals surface area contributed by atoms with Crippen LogP contribution in [0.25, 0.3) is 0 Å². The van der Waals surface area contributed by atoms with Crippen LogP contribution >= 0.6 is 0 Å². The minimum Gasteiger partial charge on any atom is -0.391 e. The van der Waals surface area contributed by atoms with E-state index in [1.165, 1.54) is 0 Å². The van der Waals surface area contributed by atoms with Gasteiger partial charge in [0.05, 0.1) is 19.4 Å². The fraction of sp³-hybridized carbons (Fsp3) is 1.00. The van der Waals surface area contributed by atoms with Gasteiger partial charge in [-0.15, -0.1) is 0 Å². The van der Waals surface area contributed by atoms with Crippen molar-refractivity contribution in [3.8, 4) is 0 Å². The SMILES string of the molecule is COCC(O)CCNCCCF. The number of hydrogen-bond donors (Lipinski definition) is 2. The second-order valence-electron chi connectivity index (χ2n) is 2.69. The zero-order valence-corrected chi connectivity index (χ0v) is 7.55. The van der Waals surface area contributed by atoms with Gasteiger partial charge in [-0.05, 0) is 25.9 Å². The summed E-state index contributed by atoms with van der Waals surface area (Å²) in [7, 11) is 1.56. The van der Waals surface area contributed by atoms with Crippen LogP contribution in [0.4, 0.5) is 4.39 Å². The molecular weight excluding hydrogens is 161 g/mol. The number of aliphatic hydroxyl groups is 1. The molecule has 0 spiro atoms. The van der Waals surface area contributed by atoms with E-state index in [9.17, 15) is 4.39 Å². The summed E-state index contributed by atoms with van der Waals surface area (Å²) >= 11 is 0. The number of alkyl halides is 1. The number of hydrogen-bond acceptors (Lipinski definition) is 3. The highest BCUT2D eigenvalue weighted by Crippen LogP contribution is 1.89. The van der Waals surface area contributed by atoms with E-state index in [-0.39, 0.29) is 6.67 Å². The maximum absolute atomic E-state index is 11.6. The van der Waals surface area contributed by atoms with Crippen molar-refractivity contribution >= 4 is 0 Å². The molecule has 0 fully saturated rings. The highest BCUT2D eigenvalue weighted by atomic mass is 19.1. The topological polar surface area (TPSA) is 41.5 Å². The Morgan fingerprint density at radius 3 is 2.83 bits per heavy atom. The fourth-order valence-corrected chi connectivity index (χ4v) is 0.861. The van der Waals surface area contributed by atoms with Crippen LogP contribution in [-0.4, -0.2) is 44.7 Å². The van der Waals surface area contributed by atoms with Gasteiger partial charge in [-0.3, -0.25) is 4.39 Å². The van der Waals surface area contributed by atoms with Crippen molar-refractivity contribution in [1.82, 2.24) is 5.32 Å². The van der Waals surface area contributed by atoms with Crippen LogP contribution in [0.2, 0.25) is 0 Å². The van der Waals surface area contributed by atoms with Crippen LogP contribution < -0.4 is 5.32 Å². The number of ether oxygens (including phenoxy) is 1. The molecule has 0 aromatic carbocycles. The second-order valence-corrected chi connectivity index (χ2v) is 2.69. The summed E-state index contributed by atoms with van der Waals surface area (Å²) in [5.74, 6) is 0. The Hall–Kier alpha value is -0.190. The Bertz CT molecular complexity index is 93.1. The molecule has 74 valence electrons. The third kappa shape index (κ3) is 7.91. The molecule has 0 heterocycles. The van der Waals surface area contributed by atoms with Gasteiger partial charge < -0.3 is 15.2 Å². The summed E-state index contributed by atoms with van der Waals surface area (Å²) < 4.78 is 16.3. The summed E-state index contributed by atoms with van der Waals surface area (Å²) in [6, 6.07) is 0. The summed E-state index contributed by atoms with van der Waals surface area (Å²) in [5, 5.41) is 12.2. The van der Waals surface area contributed by atoms with Crippen LogP contribution in [-0.2, 0) is 4.74 Å². The summed E-state index contributed by atoms with van der Waals surface area (Å²) in [6.45, 7) is 1.47. The fourth-order valence-electron chi connectivity index (χ4n) is 0.861. The first-order chi connectivity index (χ1) is 5.81. The minimum atomic E-state index is -0.409. The van der Waals surface area contributed by atoms with Crippen molar-refractivity contribution in [3.05, 3.63) is 0 Å². The molecule has 0 aromatic heterocycles. The molecule has 0 radical (unpaired) electrons. The molecular formula is C8H18FNO2. The predicted molar refractivity (Wildman–Crippen MR) is 46.0 cm³/mol. The average Bonchev–Trinajstić information content (AvgIpc) is 2.05. The van der Waals surface area contributed by atoms with E-state index in [2.05, 4.69) is 5.32 Å². The van der Waals surface area contributed by atoms with E-state index < -0.39 is 6.10 Å². The van der Waals surface area contributed by atoms with Gasteiger partial charge in [0.1, 0.15) is 0 Å². The van der Waals surface area contributed by atoms with Crippen molar-refractivity contribution in [1.29, 1.82) is 0 Å². The molecule has 0 aromatic rings. The van der Waals surface area contributed by atoms with Crippen molar-refractivity contribution in [3.63, 3.8) is 0 Å². The van der Waals surface area contributed by atoms with Gasteiger partial charge in [-0.1, -0.05) is 0 Å². The van der Waals surface area contributed by atoms with Gasteiger partial charge in [0.25, 0.3) is 0 Å². The summed E-state index contributed by atoms with van der Waals surface area (Å²) in [6.07, 6.45) is 0.786. The number of methoxy groups -OCH3 is 1. The lowest BCUT2D eigenvalue weighted by atomic mass is 10.2. The van der Waals surface area contributed by atoms with Gasteiger partial charge >= 0.3 is 0 Å². The van der Waals surface area contributed by atoms with Crippen molar-refractivity contribution < 1.29 is 14.2 Å². The number of halogens is 1. The Morgan fingerprint density at radius 1 is 1.50 bits per heavy atom. The Labute approximate surface area is 72.9 Å². The van der Waals surface area contributed by atoms with E-state index in [4.69, 9.17) is 9.84 Å². The van der Waals surface area contributed by atoms with Gasteiger partial charge in [0.2, 0.25) is 0 Å². The quantitative estimate of drug-likeness (QED) is 0.528. The Morgan fingerprint density at radius 2 is 2.25 bits per heavy atom. The first kappa shape index (κ1) is 11.8. The monoisotopic (exact) mass is 179 g/mol. The van der Waals surface area contributed by atoms with Gasteiger partial charge in [0, 0.05) is 7.11 Å². The van der Waals surface area contributed by atoms with Crippen LogP contribution in [0.5, 0.6) is 0 Å². The maximum Gasteiger partial charge on any atom is 0.0906 e. The number of aliphatic hydroxyl groups excluding tert-OH is 1. The van der Waals surface area contributed by atoms with Crippen molar-refractivity contribution in [2.24, 2.45) is 0 Å². The molecule has 12 heavy (non-hydrogen) atoms. The van der Waals surface area contributed by atoms with E-state index in [0.717, 1.165) is 0 Å². The summed E-state index contributed by atoms with van der Waals surface area (Å²) in [5.41, 5.74) is 0. The number of nitrogens with one attached hydrogen (secondary N) is 1. The van der Waals surface area contributed by atoms with E-state index >= 15 is 0 Å². The Balaban J connectivity index is 2.97. The third-order valence-electron chi connectivity index (χ3n) is 1.50. The largest absolute Gasteiger partial charge is 0.391 e. The van der Waals surface area contributed by atoms with Gasteiger partial charge in [0.15, 0.2) is 0 Å². The van der Waals surface area contributed by atoms with E-state index in [1.807, 2.05) is 0 Å². The first-order valence-corrected chi connectivity index (χ1v) is 4.25. The molecule has 1 unspecified atom stereocenters. The van der Waals surface area contributed by atoms with Crippen LogP contribution in [0, 0.1) is 0 Å². The molecule has 0 aliphatic rings. The molecule has 0 rings (SSSR count). The zero-order valence-electron chi connectivity index (χ0n) is 7.55. The normalized spacial score (nSPS) is 13.2. The molecule has 4 heteroatoms. The molecule has 2 N–H and O–H groups in total. The zero-order chi connectivity index (χ0) is 9.23. The molecule has 0 bridgehead atoms. The minimum absolute atomic E-state index is 0.284. The molecule has 0 saturated carbocycles. The maximum atomic E-state index is 11.6. The van der Waals surface area contributed by atoms with Crippen molar-refractivity contribution in [2.75, 3.05) is 33.5 Å². The smallest absolute Gasteiger partial charge is 0.0906 e. The first-order valence-electron chi connectivity index (χ1n) is 4.25.